The number of fused-ring (bicyclic) bond motifs is 2. The minimum atomic E-state index is 0.120. The molecule has 0 atom stereocenters. The molecule has 31 heavy (non-hydrogen) atoms. The highest BCUT2D eigenvalue weighted by molar-refractivity contribution is 5.94. The van der Waals surface area contributed by atoms with Crippen molar-refractivity contribution in [2.75, 3.05) is 36.4 Å². The van der Waals surface area contributed by atoms with Crippen LogP contribution in [0.3, 0.4) is 0 Å². The van der Waals surface area contributed by atoms with Crippen LogP contribution in [0.1, 0.15) is 25.5 Å². The van der Waals surface area contributed by atoms with Crippen molar-refractivity contribution in [3.8, 4) is 5.88 Å². The molecule has 0 bridgehead atoms. The molecule has 1 aromatic carbocycles. The summed E-state index contributed by atoms with van der Waals surface area (Å²) in [5.74, 6) is 1.55. The summed E-state index contributed by atoms with van der Waals surface area (Å²) < 4.78 is 1.84. The first kappa shape index (κ1) is 19.6. The molecule has 4 aromatic rings. The largest absolute Gasteiger partial charge is 0.493 e. The predicted octanol–water partition coefficient (Wildman–Crippen LogP) is 3.29. The maximum atomic E-state index is 10.8. The average Bonchev–Trinajstić information content (AvgIpc) is 3.15. The smallest absolute Gasteiger partial charge is 0.228 e. The van der Waals surface area contributed by atoms with E-state index in [9.17, 15) is 5.11 Å². The van der Waals surface area contributed by atoms with Crippen molar-refractivity contribution in [1.29, 1.82) is 0 Å². The summed E-state index contributed by atoms with van der Waals surface area (Å²) in [6.45, 7) is 8.13. The van der Waals surface area contributed by atoms with Gasteiger partial charge in [-0.15, -0.1) is 0 Å². The summed E-state index contributed by atoms with van der Waals surface area (Å²) in [7, 11) is 0. The summed E-state index contributed by atoms with van der Waals surface area (Å²) in [6.07, 6.45) is 3.82. The van der Waals surface area contributed by atoms with Gasteiger partial charge < -0.3 is 25.2 Å². The second kappa shape index (κ2) is 8.03. The molecule has 3 aromatic heterocycles. The van der Waals surface area contributed by atoms with E-state index in [4.69, 9.17) is 9.97 Å². The lowest BCUT2D eigenvalue weighted by atomic mass is 10.1. The van der Waals surface area contributed by atoms with Crippen LogP contribution < -0.4 is 15.5 Å². The lowest BCUT2D eigenvalue weighted by molar-refractivity contribution is 0.404. The van der Waals surface area contributed by atoms with Gasteiger partial charge in [-0.1, -0.05) is 18.2 Å². The Balaban J connectivity index is 1.52. The molecule has 0 unspecified atom stereocenters. The fraction of sp³-hybridized carbons (Fsp3) is 0.348. The van der Waals surface area contributed by atoms with Gasteiger partial charge in [0.2, 0.25) is 11.8 Å². The highest BCUT2D eigenvalue weighted by Crippen LogP contribution is 2.34. The summed E-state index contributed by atoms with van der Waals surface area (Å²) in [6, 6.07) is 10.4. The molecule has 160 valence electrons. The first-order valence-electron chi connectivity index (χ1n) is 10.7. The molecule has 1 fully saturated rings. The van der Waals surface area contributed by atoms with Gasteiger partial charge in [-0.3, -0.25) is 4.98 Å². The minimum absolute atomic E-state index is 0.120. The summed E-state index contributed by atoms with van der Waals surface area (Å²) in [4.78, 5) is 16.3. The molecule has 0 radical (unpaired) electrons. The number of pyridine rings is 1. The van der Waals surface area contributed by atoms with Crippen LogP contribution in [0, 0.1) is 0 Å². The van der Waals surface area contributed by atoms with Gasteiger partial charge in [-0.2, -0.15) is 4.98 Å². The van der Waals surface area contributed by atoms with Crippen LogP contribution in [-0.2, 0) is 6.54 Å². The molecule has 4 heterocycles. The Morgan fingerprint density at radius 3 is 2.77 bits per heavy atom. The minimum Gasteiger partial charge on any atom is -0.493 e. The van der Waals surface area contributed by atoms with Gasteiger partial charge in [0, 0.05) is 56.5 Å². The third kappa shape index (κ3) is 3.74. The van der Waals surface area contributed by atoms with Crippen molar-refractivity contribution < 1.29 is 5.11 Å². The van der Waals surface area contributed by atoms with Gasteiger partial charge in [0.1, 0.15) is 11.3 Å². The monoisotopic (exact) mass is 417 g/mol. The van der Waals surface area contributed by atoms with Crippen molar-refractivity contribution in [2.24, 2.45) is 0 Å². The van der Waals surface area contributed by atoms with E-state index in [1.165, 1.54) is 0 Å². The average molecular weight is 418 g/mol. The zero-order valence-corrected chi connectivity index (χ0v) is 17.8. The Hall–Kier alpha value is -3.39. The standard InChI is InChI=1S/C23H27N7O/c1-15(2)30-14-18-20(22(30)31)27-23(29-9-7-24-8-10-29)28-21(18)26-13-16-11-17-5-3-4-6-19(17)25-12-16/h3-6,11-12,14-15,24,31H,7-10,13H2,1-2H3,(H,26,27,28). The number of hydrogen-bond donors (Lipinski definition) is 3. The van der Waals surface area contributed by atoms with Crippen LogP contribution in [-0.4, -0.2) is 50.8 Å². The second-order valence-electron chi connectivity index (χ2n) is 8.22. The molecule has 0 saturated carbocycles. The van der Waals surface area contributed by atoms with Crippen molar-refractivity contribution in [2.45, 2.75) is 26.4 Å². The third-order valence-corrected chi connectivity index (χ3v) is 5.72. The van der Waals surface area contributed by atoms with Crippen LogP contribution in [0.5, 0.6) is 5.88 Å². The third-order valence-electron chi connectivity index (χ3n) is 5.72. The van der Waals surface area contributed by atoms with E-state index in [-0.39, 0.29) is 11.9 Å². The van der Waals surface area contributed by atoms with Crippen LogP contribution >= 0.6 is 0 Å². The number of hydrogen-bond acceptors (Lipinski definition) is 7. The number of rotatable bonds is 5. The van der Waals surface area contributed by atoms with Gasteiger partial charge in [-0.25, -0.2) is 4.98 Å². The fourth-order valence-corrected chi connectivity index (χ4v) is 4.01. The maximum absolute atomic E-state index is 10.8. The van der Waals surface area contributed by atoms with Crippen molar-refractivity contribution >= 4 is 33.6 Å². The van der Waals surface area contributed by atoms with Crippen LogP contribution in [0.2, 0.25) is 0 Å². The highest BCUT2D eigenvalue weighted by Gasteiger charge is 2.21. The van der Waals surface area contributed by atoms with Gasteiger partial charge in [-0.05, 0) is 31.5 Å². The van der Waals surface area contributed by atoms with Crippen LogP contribution in [0.15, 0.2) is 42.7 Å². The summed E-state index contributed by atoms with van der Waals surface area (Å²) in [5.41, 5.74) is 2.63. The van der Waals surface area contributed by atoms with Crippen molar-refractivity contribution in [3.05, 3.63) is 48.3 Å². The quantitative estimate of drug-likeness (QED) is 0.459. The highest BCUT2D eigenvalue weighted by atomic mass is 16.3. The maximum Gasteiger partial charge on any atom is 0.228 e. The first-order valence-corrected chi connectivity index (χ1v) is 10.7. The Bertz CT molecular complexity index is 1230. The normalized spacial score (nSPS) is 14.6. The van der Waals surface area contributed by atoms with Crippen LogP contribution in [0.4, 0.5) is 11.8 Å². The number of piperazine rings is 1. The van der Waals surface area contributed by atoms with E-state index in [0.29, 0.717) is 18.0 Å². The number of aromatic nitrogens is 4. The Kier molecular flexibility index (Phi) is 5.07. The van der Waals surface area contributed by atoms with E-state index in [0.717, 1.165) is 53.8 Å². The van der Waals surface area contributed by atoms with Crippen LogP contribution in [0.25, 0.3) is 21.8 Å². The Morgan fingerprint density at radius 2 is 1.97 bits per heavy atom. The Labute approximate surface area is 180 Å². The summed E-state index contributed by atoms with van der Waals surface area (Å²) >= 11 is 0. The molecule has 0 spiro atoms. The van der Waals surface area contributed by atoms with E-state index < -0.39 is 0 Å². The zero-order valence-electron chi connectivity index (χ0n) is 17.8. The van der Waals surface area contributed by atoms with E-state index in [1.807, 2.05) is 49.0 Å². The fourth-order valence-electron chi connectivity index (χ4n) is 4.01. The molecule has 5 rings (SSSR count). The summed E-state index contributed by atoms with van der Waals surface area (Å²) in [5, 5.41) is 19.6. The molecule has 1 aliphatic rings. The van der Waals surface area contributed by atoms with E-state index in [2.05, 4.69) is 32.7 Å². The van der Waals surface area contributed by atoms with Gasteiger partial charge >= 0.3 is 0 Å². The Morgan fingerprint density at radius 1 is 1.16 bits per heavy atom. The second-order valence-corrected chi connectivity index (χ2v) is 8.22. The van der Waals surface area contributed by atoms with Gasteiger partial charge in [0.25, 0.3) is 0 Å². The molecule has 0 amide bonds. The molecule has 1 saturated heterocycles. The number of para-hydroxylation sites is 1. The number of nitrogens with zero attached hydrogens (tertiary/aromatic N) is 5. The van der Waals surface area contributed by atoms with Gasteiger partial charge in [0.15, 0.2) is 0 Å². The van der Waals surface area contributed by atoms with E-state index >= 15 is 0 Å². The number of anilines is 2. The molecular weight excluding hydrogens is 390 g/mol. The SMILES string of the molecule is CC(C)n1cc2c(NCc3cnc4ccccc4c3)nc(N3CCNCC3)nc2c1O. The van der Waals surface area contributed by atoms with Crippen molar-refractivity contribution in [1.82, 2.24) is 24.8 Å². The molecule has 3 N–H and O–H groups in total. The molecule has 8 nitrogen and oxygen atoms in total. The topological polar surface area (TPSA) is 91.1 Å². The lowest BCUT2D eigenvalue weighted by Gasteiger charge is -2.27. The van der Waals surface area contributed by atoms with E-state index in [1.54, 1.807) is 0 Å². The molecule has 8 heteroatoms. The molecule has 0 aliphatic carbocycles. The number of aromatic hydroxyl groups is 1. The predicted molar refractivity (Wildman–Crippen MR) is 124 cm³/mol. The number of benzene rings is 1. The lowest BCUT2D eigenvalue weighted by Crippen LogP contribution is -2.44. The molecular formula is C23H27N7O. The molecule has 1 aliphatic heterocycles. The first-order chi connectivity index (χ1) is 15.1. The zero-order chi connectivity index (χ0) is 21.4. The van der Waals surface area contributed by atoms with Crippen molar-refractivity contribution in [3.63, 3.8) is 0 Å². The van der Waals surface area contributed by atoms with Gasteiger partial charge in [0.05, 0.1) is 10.9 Å². The number of nitrogens with one attached hydrogen (secondary N) is 2.